The third kappa shape index (κ3) is 4.60. The van der Waals surface area contributed by atoms with E-state index in [1.165, 1.54) is 18.4 Å². The molecular weight excluding hydrogens is 236 g/mol. The Bertz CT molecular complexity index is 351. The van der Waals surface area contributed by atoms with Crippen molar-refractivity contribution in [1.82, 2.24) is 5.32 Å². The zero-order valence-electron chi connectivity index (χ0n) is 11.8. The number of benzene rings is 1. The first-order chi connectivity index (χ1) is 9.35. The van der Waals surface area contributed by atoms with Crippen LogP contribution in [0.15, 0.2) is 30.3 Å². The predicted molar refractivity (Wildman–Crippen MR) is 79.0 cm³/mol. The van der Waals surface area contributed by atoms with Crippen molar-refractivity contribution in [1.29, 1.82) is 0 Å². The molecule has 0 saturated heterocycles. The van der Waals surface area contributed by atoms with Crippen LogP contribution in [0.3, 0.4) is 0 Å². The monoisotopic (exact) mass is 262 g/mol. The van der Waals surface area contributed by atoms with E-state index in [-0.39, 0.29) is 0 Å². The fourth-order valence-electron chi connectivity index (χ4n) is 2.63. The summed E-state index contributed by atoms with van der Waals surface area (Å²) in [7, 11) is 1.77. The summed E-state index contributed by atoms with van der Waals surface area (Å²) in [5.74, 6) is 0.791. The van der Waals surface area contributed by atoms with Gasteiger partial charge in [-0.15, -0.1) is 0 Å². The average Bonchev–Trinajstić information content (AvgIpc) is 3.27. The molecule has 0 radical (unpaired) electrons. The van der Waals surface area contributed by atoms with E-state index in [0.29, 0.717) is 12.1 Å². The van der Waals surface area contributed by atoms with Gasteiger partial charge in [-0.2, -0.15) is 0 Å². The fourth-order valence-corrected chi connectivity index (χ4v) is 2.63. The number of hydrogen-bond acceptors (Lipinski definition) is 3. The Morgan fingerprint density at radius 2 is 2.05 bits per heavy atom. The summed E-state index contributed by atoms with van der Waals surface area (Å²) >= 11 is 0. The molecule has 2 atom stereocenters. The molecule has 0 amide bonds. The summed E-state index contributed by atoms with van der Waals surface area (Å²) in [6, 6.07) is 11.6. The van der Waals surface area contributed by atoms with Crippen molar-refractivity contribution in [2.24, 2.45) is 11.7 Å². The molecule has 1 aromatic rings. The standard InChI is InChI=1S/C16H26N2O/c1-19-12-15(8-5-11-17)18-16(14-9-10-14)13-6-3-2-4-7-13/h2-4,6-7,14-16,18H,5,8-12,17H2,1H3. The van der Waals surface area contributed by atoms with Crippen LogP contribution in [-0.2, 0) is 4.74 Å². The van der Waals surface area contributed by atoms with Gasteiger partial charge in [-0.3, -0.25) is 0 Å². The number of nitrogens with two attached hydrogens (primary N) is 1. The second-order valence-corrected chi connectivity index (χ2v) is 5.48. The molecular formula is C16H26N2O. The van der Waals surface area contributed by atoms with Crippen LogP contribution in [0.2, 0.25) is 0 Å². The molecule has 0 heterocycles. The van der Waals surface area contributed by atoms with Crippen molar-refractivity contribution >= 4 is 0 Å². The van der Waals surface area contributed by atoms with Crippen LogP contribution in [0.5, 0.6) is 0 Å². The summed E-state index contributed by atoms with van der Waals surface area (Å²) in [6.45, 7) is 1.51. The molecule has 1 aliphatic carbocycles. The highest BCUT2D eigenvalue weighted by molar-refractivity contribution is 5.21. The van der Waals surface area contributed by atoms with Gasteiger partial charge in [0.05, 0.1) is 6.61 Å². The Kier molecular flexibility index (Phi) is 5.83. The van der Waals surface area contributed by atoms with Crippen LogP contribution in [0.1, 0.15) is 37.3 Å². The quantitative estimate of drug-likeness (QED) is 0.719. The van der Waals surface area contributed by atoms with Crippen molar-refractivity contribution in [2.45, 2.75) is 37.8 Å². The van der Waals surface area contributed by atoms with Crippen LogP contribution in [0.4, 0.5) is 0 Å². The van der Waals surface area contributed by atoms with Gasteiger partial charge in [0.15, 0.2) is 0 Å². The van der Waals surface area contributed by atoms with Gasteiger partial charge >= 0.3 is 0 Å². The molecule has 1 aromatic carbocycles. The largest absolute Gasteiger partial charge is 0.383 e. The van der Waals surface area contributed by atoms with E-state index in [1.807, 2.05) is 0 Å². The van der Waals surface area contributed by atoms with Crippen LogP contribution in [0.25, 0.3) is 0 Å². The average molecular weight is 262 g/mol. The molecule has 1 fully saturated rings. The number of ether oxygens (including phenoxy) is 1. The van der Waals surface area contributed by atoms with Crippen LogP contribution >= 0.6 is 0 Å². The zero-order valence-corrected chi connectivity index (χ0v) is 11.8. The number of methoxy groups -OCH3 is 1. The van der Waals surface area contributed by atoms with Crippen molar-refractivity contribution in [3.8, 4) is 0 Å². The second-order valence-electron chi connectivity index (χ2n) is 5.48. The van der Waals surface area contributed by atoms with Crippen LogP contribution in [-0.4, -0.2) is 26.3 Å². The van der Waals surface area contributed by atoms with Crippen molar-refractivity contribution in [2.75, 3.05) is 20.3 Å². The van der Waals surface area contributed by atoms with Gasteiger partial charge in [-0.05, 0) is 43.7 Å². The molecule has 3 N–H and O–H groups in total. The highest BCUT2D eigenvalue weighted by Gasteiger charge is 2.33. The Labute approximate surface area is 116 Å². The fraction of sp³-hybridized carbons (Fsp3) is 0.625. The highest BCUT2D eigenvalue weighted by Crippen LogP contribution is 2.41. The minimum atomic E-state index is 0.402. The topological polar surface area (TPSA) is 47.3 Å². The summed E-state index contributed by atoms with van der Waals surface area (Å²) in [5, 5.41) is 3.79. The molecule has 2 unspecified atom stereocenters. The molecule has 1 saturated carbocycles. The molecule has 19 heavy (non-hydrogen) atoms. The molecule has 106 valence electrons. The molecule has 3 nitrogen and oxygen atoms in total. The van der Waals surface area contributed by atoms with E-state index < -0.39 is 0 Å². The van der Waals surface area contributed by atoms with Gasteiger partial charge in [0.25, 0.3) is 0 Å². The SMILES string of the molecule is COCC(CCCN)NC(c1ccccc1)C1CC1. The maximum absolute atomic E-state index is 5.62. The first-order valence-electron chi connectivity index (χ1n) is 7.35. The van der Waals surface area contributed by atoms with Gasteiger partial charge in [-0.1, -0.05) is 30.3 Å². The van der Waals surface area contributed by atoms with Gasteiger partial charge in [-0.25, -0.2) is 0 Å². The Hall–Kier alpha value is -0.900. The maximum Gasteiger partial charge on any atom is 0.0616 e. The Morgan fingerprint density at radius 3 is 2.63 bits per heavy atom. The lowest BCUT2D eigenvalue weighted by molar-refractivity contribution is 0.153. The number of hydrogen-bond donors (Lipinski definition) is 2. The van der Waals surface area contributed by atoms with Crippen molar-refractivity contribution in [3.63, 3.8) is 0 Å². The molecule has 0 spiro atoms. The smallest absolute Gasteiger partial charge is 0.0616 e. The lowest BCUT2D eigenvalue weighted by Gasteiger charge is -2.26. The maximum atomic E-state index is 5.62. The van der Waals surface area contributed by atoms with E-state index in [2.05, 4.69) is 35.6 Å². The minimum absolute atomic E-state index is 0.402. The zero-order chi connectivity index (χ0) is 13.5. The van der Waals surface area contributed by atoms with E-state index in [9.17, 15) is 0 Å². The molecule has 1 aliphatic rings. The summed E-state index contributed by atoms with van der Waals surface area (Å²) in [6.07, 6.45) is 4.81. The molecule has 3 heteroatoms. The van der Waals surface area contributed by atoms with Gasteiger partial charge in [0.1, 0.15) is 0 Å². The molecule has 0 bridgehead atoms. The molecule has 2 rings (SSSR count). The first-order valence-corrected chi connectivity index (χ1v) is 7.35. The van der Waals surface area contributed by atoms with Crippen molar-refractivity contribution < 1.29 is 4.74 Å². The van der Waals surface area contributed by atoms with E-state index in [4.69, 9.17) is 10.5 Å². The highest BCUT2D eigenvalue weighted by atomic mass is 16.5. The number of nitrogens with one attached hydrogen (secondary N) is 1. The summed E-state index contributed by atoms with van der Waals surface area (Å²) in [4.78, 5) is 0. The third-order valence-corrected chi connectivity index (χ3v) is 3.79. The first kappa shape index (κ1) is 14.5. The normalized spacial score (nSPS) is 18.2. The van der Waals surface area contributed by atoms with Gasteiger partial charge in [0, 0.05) is 19.2 Å². The third-order valence-electron chi connectivity index (χ3n) is 3.79. The van der Waals surface area contributed by atoms with E-state index in [0.717, 1.165) is 31.9 Å². The Morgan fingerprint density at radius 1 is 1.32 bits per heavy atom. The van der Waals surface area contributed by atoms with Gasteiger partial charge < -0.3 is 15.8 Å². The summed E-state index contributed by atoms with van der Waals surface area (Å²) < 4.78 is 5.33. The van der Waals surface area contributed by atoms with Gasteiger partial charge in [0.2, 0.25) is 0 Å². The minimum Gasteiger partial charge on any atom is -0.383 e. The Balaban J connectivity index is 1.98. The van der Waals surface area contributed by atoms with Crippen LogP contribution in [0, 0.1) is 5.92 Å². The molecule has 0 aromatic heterocycles. The van der Waals surface area contributed by atoms with Crippen LogP contribution < -0.4 is 11.1 Å². The molecule has 0 aliphatic heterocycles. The lowest BCUT2D eigenvalue weighted by Crippen LogP contribution is -2.37. The van der Waals surface area contributed by atoms with E-state index >= 15 is 0 Å². The second kappa shape index (κ2) is 7.63. The number of rotatable bonds is 9. The predicted octanol–water partition coefficient (Wildman–Crippen LogP) is 2.48. The van der Waals surface area contributed by atoms with E-state index in [1.54, 1.807) is 7.11 Å². The van der Waals surface area contributed by atoms with Crippen molar-refractivity contribution in [3.05, 3.63) is 35.9 Å². The lowest BCUT2D eigenvalue weighted by atomic mass is 10.0. The summed E-state index contributed by atoms with van der Waals surface area (Å²) in [5.41, 5.74) is 7.02.